The van der Waals surface area contributed by atoms with Gasteiger partial charge < -0.3 is 20.7 Å². The molecule has 1 saturated heterocycles. The molecule has 2 aromatic heterocycles. The number of imidazole rings is 1. The van der Waals surface area contributed by atoms with Crippen molar-refractivity contribution in [3.63, 3.8) is 0 Å². The molecule has 5 rings (SSSR count). The maximum Gasteiger partial charge on any atom is 0.251 e. The molecule has 1 fully saturated rings. The van der Waals surface area contributed by atoms with Crippen LogP contribution in [0, 0.1) is 0 Å². The molecule has 10 nitrogen and oxygen atoms in total. The molecule has 0 spiro atoms. The van der Waals surface area contributed by atoms with Crippen LogP contribution in [-0.2, 0) is 14.3 Å². The Morgan fingerprint density at radius 3 is 2.62 bits per heavy atom. The molecule has 2 aromatic carbocycles. The van der Waals surface area contributed by atoms with E-state index in [-0.39, 0.29) is 13.2 Å². The maximum atomic E-state index is 12.7. The first-order valence-corrected chi connectivity index (χ1v) is 12.3. The number of morpholine rings is 1. The number of anilines is 1. The van der Waals surface area contributed by atoms with E-state index in [4.69, 9.17) is 38.7 Å². The van der Waals surface area contributed by atoms with Crippen LogP contribution < -0.4 is 16.0 Å². The third-order valence-electron chi connectivity index (χ3n) is 6.07. The largest absolute Gasteiger partial charge is 0.368 e. The molecule has 0 saturated carbocycles. The summed E-state index contributed by atoms with van der Waals surface area (Å²) in [5.41, 5.74) is 7.91. The van der Waals surface area contributed by atoms with Gasteiger partial charge in [-0.1, -0.05) is 35.3 Å². The highest BCUT2D eigenvalue weighted by atomic mass is 35.5. The van der Waals surface area contributed by atoms with E-state index >= 15 is 0 Å². The number of nitrogens with zero attached hydrogens (tertiary/aromatic N) is 5. The van der Waals surface area contributed by atoms with Crippen LogP contribution >= 0.6 is 23.2 Å². The molecule has 1 aliphatic heterocycles. The van der Waals surface area contributed by atoms with Gasteiger partial charge in [-0.2, -0.15) is 0 Å². The molecule has 0 aliphatic carbocycles. The second-order valence-corrected chi connectivity index (χ2v) is 9.38. The maximum absolute atomic E-state index is 12.7. The predicted octanol–water partition coefficient (Wildman–Crippen LogP) is 2.98. The van der Waals surface area contributed by atoms with E-state index in [1.54, 1.807) is 18.2 Å². The number of primary amides is 1. The standard InChI is InChI=1S/C25H23Cl2N7O3/c1-14(21(28)35)31-25(36)19-12-33(10-11-37-19)23-20-24(30-13-29-23)34(16-8-6-15(26)7-9-16)22(32-20)17-4-2-3-5-18(17)27/h2-9,13-14,19H,10-12H2,1H3,(H2,28,35)(H,31,36). The van der Waals surface area contributed by atoms with Gasteiger partial charge in [-0.25, -0.2) is 15.0 Å². The Balaban J connectivity index is 1.58. The van der Waals surface area contributed by atoms with E-state index < -0.39 is 24.0 Å². The summed E-state index contributed by atoms with van der Waals surface area (Å²) in [6.07, 6.45) is 0.643. The molecule has 3 N–H and O–H groups in total. The van der Waals surface area contributed by atoms with Gasteiger partial charge in [0.2, 0.25) is 5.91 Å². The zero-order chi connectivity index (χ0) is 26.1. The second-order valence-electron chi connectivity index (χ2n) is 8.53. The van der Waals surface area contributed by atoms with Gasteiger partial charge in [-0.15, -0.1) is 0 Å². The molecular formula is C25H23Cl2N7O3. The average Bonchev–Trinajstić information content (AvgIpc) is 3.29. The SMILES string of the molecule is CC(NC(=O)C1CN(c2ncnc3c2nc(-c2ccccc2Cl)n3-c2ccc(Cl)cc2)CCO1)C(N)=O. The van der Waals surface area contributed by atoms with Crippen LogP contribution in [0.25, 0.3) is 28.2 Å². The van der Waals surface area contributed by atoms with Crippen LogP contribution in [0.5, 0.6) is 0 Å². The smallest absolute Gasteiger partial charge is 0.251 e. The molecule has 2 amide bonds. The summed E-state index contributed by atoms with van der Waals surface area (Å²) in [5, 5.41) is 3.72. The van der Waals surface area contributed by atoms with Gasteiger partial charge in [0.1, 0.15) is 18.2 Å². The first-order valence-electron chi connectivity index (χ1n) is 11.5. The Kier molecular flexibility index (Phi) is 6.96. The van der Waals surface area contributed by atoms with E-state index in [2.05, 4.69) is 15.3 Å². The lowest BCUT2D eigenvalue weighted by atomic mass is 10.2. The van der Waals surface area contributed by atoms with Gasteiger partial charge in [0.25, 0.3) is 5.91 Å². The normalized spacial score (nSPS) is 16.5. The molecular weight excluding hydrogens is 517 g/mol. The van der Waals surface area contributed by atoms with Crippen molar-refractivity contribution in [3.8, 4) is 17.1 Å². The summed E-state index contributed by atoms with van der Waals surface area (Å²) in [5.74, 6) is 0.0840. The number of carbonyl (C=O) groups is 2. The fourth-order valence-electron chi connectivity index (χ4n) is 4.15. The number of fused-ring (bicyclic) bond motifs is 1. The third-order valence-corrected chi connectivity index (χ3v) is 6.65. The second kappa shape index (κ2) is 10.3. The first kappa shape index (κ1) is 24.9. The van der Waals surface area contributed by atoms with Crippen LogP contribution in [0.4, 0.5) is 5.82 Å². The van der Waals surface area contributed by atoms with Crippen LogP contribution in [0.15, 0.2) is 54.9 Å². The Labute approximate surface area is 222 Å². The Morgan fingerprint density at radius 2 is 1.89 bits per heavy atom. The minimum absolute atomic E-state index is 0.207. The summed E-state index contributed by atoms with van der Waals surface area (Å²) in [4.78, 5) is 40.0. The highest BCUT2D eigenvalue weighted by Crippen LogP contribution is 2.35. The van der Waals surface area contributed by atoms with E-state index in [1.807, 2.05) is 39.8 Å². The summed E-state index contributed by atoms with van der Waals surface area (Å²) in [6, 6.07) is 13.9. The Morgan fingerprint density at radius 1 is 1.14 bits per heavy atom. The van der Waals surface area contributed by atoms with Crippen molar-refractivity contribution < 1.29 is 14.3 Å². The minimum Gasteiger partial charge on any atom is -0.368 e. The number of halogens is 2. The fraction of sp³-hybridized carbons (Fsp3) is 0.240. The van der Waals surface area contributed by atoms with Crippen molar-refractivity contribution in [2.24, 2.45) is 5.73 Å². The van der Waals surface area contributed by atoms with Crippen LogP contribution in [0.1, 0.15) is 6.92 Å². The molecule has 37 heavy (non-hydrogen) atoms. The lowest BCUT2D eigenvalue weighted by Gasteiger charge is -2.33. The molecule has 3 heterocycles. The van der Waals surface area contributed by atoms with Crippen LogP contribution in [0.2, 0.25) is 10.0 Å². The number of rotatable bonds is 6. The lowest BCUT2D eigenvalue weighted by molar-refractivity contribution is -0.136. The Hall–Kier alpha value is -3.73. The zero-order valence-electron chi connectivity index (χ0n) is 19.8. The summed E-state index contributed by atoms with van der Waals surface area (Å²) in [6.45, 7) is 2.49. The van der Waals surface area contributed by atoms with Crippen molar-refractivity contribution in [3.05, 3.63) is 64.9 Å². The van der Waals surface area contributed by atoms with Crippen molar-refractivity contribution in [2.45, 2.75) is 19.1 Å². The highest BCUT2D eigenvalue weighted by molar-refractivity contribution is 6.33. The molecule has 0 bridgehead atoms. The van der Waals surface area contributed by atoms with Crippen molar-refractivity contribution >= 4 is 52.0 Å². The van der Waals surface area contributed by atoms with Gasteiger partial charge in [-0.05, 0) is 43.3 Å². The topological polar surface area (TPSA) is 128 Å². The first-order chi connectivity index (χ1) is 17.8. The minimum atomic E-state index is -0.818. The van der Waals surface area contributed by atoms with Gasteiger partial charge in [0.05, 0.1) is 18.2 Å². The summed E-state index contributed by atoms with van der Waals surface area (Å²) >= 11 is 12.7. The van der Waals surface area contributed by atoms with Gasteiger partial charge in [-0.3, -0.25) is 14.2 Å². The molecule has 12 heteroatoms. The van der Waals surface area contributed by atoms with E-state index in [1.165, 1.54) is 13.3 Å². The number of nitrogens with one attached hydrogen (secondary N) is 1. The Bertz CT molecular complexity index is 1480. The van der Waals surface area contributed by atoms with Crippen molar-refractivity contribution in [1.82, 2.24) is 24.8 Å². The third kappa shape index (κ3) is 4.95. The number of hydrogen-bond donors (Lipinski definition) is 2. The number of nitrogens with two attached hydrogens (primary N) is 1. The number of aromatic nitrogens is 4. The van der Waals surface area contributed by atoms with E-state index in [0.29, 0.717) is 39.4 Å². The number of hydrogen-bond acceptors (Lipinski definition) is 7. The number of carbonyl (C=O) groups excluding carboxylic acids is 2. The monoisotopic (exact) mass is 539 g/mol. The number of ether oxygens (including phenoxy) is 1. The molecule has 2 atom stereocenters. The van der Waals surface area contributed by atoms with Gasteiger partial charge >= 0.3 is 0 Å². The van der Waals surface area contributed by atoms with Crippen molar-refractivity contribution in [1.29, 1.82) is 0 Å². The highest BCUT2D eigenvalue weighted by Gasteiger charge is 2.31. The van der Waals surface area contributed by atoms with Gasteiger partial charge in [0, 0.05) is 22.8 Å². The zero-order valence-corrected chi connectivity index (χ0v) is 21.3. The van der Waals surface area contributed by atoms with E-state index in [0.717, 1.165) is 11.3 Å². The molecule has 1 aliphatic rings. The summed E-state index contributed by atoms with van der Waals surface area (Å²) < 4.78 is 7.57. The van der Waals surface area contributed by atoms with Crippen LogP contribution in [-0.4, -0.2) is 63.2 Å². The quantitative estimate of drug-likeness (QED) is 0.385. The summed E-state index contributed by atoms with van der Waals surface area (Å²) in [7, 11) is 0. The average molecular weight is 540 g/mol. The number of amides is 2. The number of benzene rings is 2. The fourth-order valence-corrected chi connectivity index (χ4v) is 4.49. The molecule has 0 radical (unpaired) electrons. The lowest BCUT2D eigenvalue weighted by Crippen LogP contribution is -2.53. The molecule has 190 valence electrons. The molecule has 2 unspecified atom stereocenters. The predicted molar refractivity (Wildman–Crippen MR) is 141 cm³/mol. The van der Waals surface area contributed by atoms with Crippen LogP contribution in [0.3, 0.4) is 0 Å². The van der Waals surface area contributed by atoms with Gasteiger partial charge in [0.15, 0.2) is 23.1 Å². The molecule has 4 aromatic rings. The van der Waals surface area contributed by atoms with E-state index in [9.17, 15) is 9.59 Å². The van der Waals surface area contributed by atoms with Crippen molar-refractivity contribution in [2.75, 3.05) is 24.6 Å².